The van der Waals surface area contributed by atoms with Gasteiger partial charge in [0.2, 0.25) is 11.9 Å². The molecule has 0 bridgehead atoms. The summed E-state index contributed by atoms with van der Waals surface area (Å²) < 4.78 is 24.7. The summed E-state index contributed by atoms with van der Waals surface area (Å²) in [6.45, 7) is 0.175. The van der Waals surface area contributed by atoms with E-state index in [2.05, 4.69) is 20.6 Å². The quantitative estimate of drug-likeness (QED) is 0.690. The number of fused-ring (bicyclic) bond motifs is 3. The van der Waals surface area contributed by atoms with E-state index in [4.69, 9.17) is 0 Å². The summed E-state index contributed by atoms with van der Waals surface area (Å²) >= 11 is 0. The van der Waals surface area contributed by atoms with Crippen LogP contribution in [-0.4, -0.2) is 36.6 Å². The fraction of sp³-hybridized carbons (Fsp3) is 0.150. The third-order valence-electron chi connectivity index (χ3n) is 4.43. The molecule has 2 aromatic carbocycles. The lowest BCUT2D eigenvalue weighted by Crippen LogP contribution is -2.17. The summed E-state index contributed by atoms with van der Waals surface area (Å²) in [5.41, 5.74) is 2.90. The highest BCUT2D eigenvalue weighted by Gasteiger charge is 2.21. The van der Waals surface area contributed by atoms with Gasteiger partial charge in [-0.05, 0) is 18.2 Å². The maximum Gasteiger partial charge on any atom is 0.228 e. The predicted molar refractivity (Wildman–Crippen MR) is 107 cm³/mol. The number of carbonyl (C=O) groups excluding carboxylic acids is 1. The van der Waals surface area contributed by atoms with Crippen molar-refractivity contribution in [2.45, 2.75) is 11.3 Å². The largest absolute Gasteiger partial charge is 0.353 e. The number of hydrogen-bond donors (Lipinski definition) is 2. The van der Waals surface area contributed by atoms with E-state index in [1.807, 2.05) is 24.3 Å². The van der Waals surface area contributed by atoms with Gasteiger partial charge in [0, 0.05) is 23.9 Å². The maximum atomic E-state index is 12.4. The number of hydrogen-bond acceptors (Lipinski definition) is 6. The van der Waals surface area contributed by atoms with E-state index >= 15 is 0 Å². The molecule has 2 N–H and O–H groups in total. The number of benzene rings is 2. The van der Waals surface area contributed by atoms with Crippen LogP contribution in [0.3, 0.4) is 0 Å². The molecule has 28 heavy (non-hydrogen) atoms. The van der Waals surface area contributed by atoms with Crippen molar-refractivity contribution in [1.29, 1.82) is 0 Å². The SMILES string of the molecule is O=C1Cc2cnc(NCCS(=O)(=O)c3ccccc3)nc2-c2ccccc2N1. The van der Waals surface area contributed by atoms with Gasteiger partial charge in [-0.25, -0.2) is 18.4 Å². The number of anilines is 2. The standard InChI is InChI=1S/C20H18N4O3S/c25-18-12-14-13-22-20(24-19(14)16-8-4-5-9-17(16)23-18)21-10-11-28(26,27)15-6-2-1-3-7-15/h1-9,13H,10-12H2,(H,23,25)(H,21,22,24). The molecule has 3 aromatic rings. The molecule has 0 spiro atoms. The summed E-state index contributed by atoms with van der Waals surface area (Å²) in [5.74, 6) is 0.129. The Morgan fingerprint density at radius 1 is 1.04 bits per heavy atom. The number of nitrogens with one attached hydrogen (secondary N) is 2. The van der Waals surface area contributed by atoms with Crippen LogP contribution in [0.5, 0.6) is 0 Å². The zero-order valence-corrected chi connectivity index (χ0v) is 15.7. The van der Waals surface area contributed by atoms with Gasteiger partial charge in [0.15, 0.2) is 9.84 Å². The van der Waals surface area contributed by atoms with Crippen LogP contribution >= 0.6 is 0 Å². The highest BCUT2D eigenvalue weighted by molar-refractivity contribution is 7.91. The van der Waals surface area contributed by atoms with Crippen LogP contribution in [0.4, 0.5) is 11.6 Å². The van der Waals surface area contributed by atoms with Crippen molar-refractivity contribution < 1.29 is 13.2 Å². The molecule has 1 aliphatic heterocycles. The Balaban J connectivity index is 1.54. The molecule has 4 rings (SSSR count). The Morgan fingerprint density at radius 3 is 2.61 bits per heavy atom. The fourth-order valence-electron chi connectivity index (χ4n) is 3.06. The molecule has 0 radical (unpaired) electrons. The molecule has 0 unspecified atom stereocenters. The average Bonchev–Trinajstić information content (AvgIpc) is 2.84. The molecule has 1 amide bonds. The molecule has 1 aliphatic rings. The minimum atomic E-state index is -3.38. The molecular weight excluding hydrogens is 376 g/mol. The van der Waals surface area contributed by atoms with Gasteiger partial charge in [-0.15, -0.1) is 0 Å². The number of aromatic nitrogens is 2. The van der Waals surface area contributed by atoms with Crippen LogP contribution in [0.1, 0.15) is 5.56 Å². The van der Waals surface area contributed by atoms with E-state index in [-0.39, 0.29) is 29.5 Å². The van der Waals surface area contributed by atoms with Crippen LogP contribution in [0.25, 0.3) is 11.3 Å². The molecule has 0 fully saturated rings. The van der Waals surface area contributed by atoms with Crippen LogP contribution in [0.15, 0.2) is 65.7 Å². The van der Waals surface area contributed by atoms with Crippen molar-refractivity contribution in [3.8, 4) is 11.3 Å². The number of para-hydroxylation sites is 1. The van der Waals surface area contributed by atoms with Crippen LogP contribution in [0, 0.1) is 0 Å². The van der Waals surface area contributed by atoms with Crippen molar-refractivity contribution in [1.82, 2.24) is 9.97 Å². The van der Waals surface area contributed by atoms with Crippen molar-refractivity contribution in [3.63, 3.8) is 0 Å². The first-order chi connectivity index (χ1) is 13.5. The zero-order chi connectivity index (χ0) is 19.6. The minimum absolute atomic E-state index is 0.0753. The van der Waals surface area contributed by atoms with E-state index in [1.54, 1.807) is 36.5 Å². The second kappa shape index (κ2) is 7.40. The van der Waals surface area contributed by atoms with Crippen molar-refractivity contribution in [2.24, 2.45) is 0 Å². The lowest BCUT2D eigenvalue weighted by Gasteiger charge is -2.10. The Labute approximate surface area is 162 Å². The van der Waals surface area contributed by atoms with Crippen molar-refractivity contribution >= 4 is 27.4 Å². The van der Waals surface area contributed by atoms with Crippen LogP contribution in [0.2, 0.25) is 0 Å². The van der Waals surface area contributed by atoms with E-state index in [0.717, 1.165) is 11.1 Å². The number of carbonyl (C=O) groups is 1. The normalized spacial score (nSPS) is 13.1. The number of nitrogens with zero attached hydrogens (tertiary/aromatic N) is 2. The molecule has 142 valence electrons. The monoisotopic (exact) mass is 394 g/mol. The lowest BCUT2D eigenvalue weighted by atomic mass is 10.1. The van der Waals surface area contributed by atoms with Gasteiger partial charge in [-0.1, -0.05) is 36.4 Å². The topological polar surface area (TPSA) is 101 Å². The third kappa shape index (κ3) is 3.72. The second-order valence-electron chi connectivity index (χ2n) is 6.40. The molecule has 1 aromatic heterocycles. The third-order valence-corrected chi connectivity index (χ3v) is 6.16. The lowest BCUT2D eigenvalue weighted by molar-refractivity contribution is -0.115. The predicted octanol–water partition coefficient (Wildman–Crippen LogP) is 2.52. The molecule has 0 atom stereocenters. The fourth-order valence-corrected chi connectivity index (χ4v) is 4.24. The molecule has 8 heteroatoms. The summed E-state index contributed by atoms with van der Waals surface area (Å²) in [6.07, 6.45) is 1.80. The van der Waals surface area contributed by atoms with Gasteiger partial charge in [0.25, 0.3) is 0 Å². The molecule has 0 aliphatic carbocycles. The highest BCUT2D eigenvalue weighted by Crippen LogP contribution is 2.32. The first kappa shape index (κ1) is 18.1. The average molecular weight is 394 g/mol. The molecule has 0 saturated carbocycles. The minimum Gasteiger partial charge on any atom is -0.353 e. The van der Waals surface area contributed by atoms with Crippen LogP contribution < -0.4 is 10.6 Å². The zero-order valence-electron chi connectivity index (χ0n) is 14.9. The highest BCUT2D eigenvalue weighted by atomic mass is 32.2. The molecular formula is C20H18N4O3S. The van der Waals surface area contributed by atoms with E-state index in [0.29, 0.717) is 17.3 Å². The first-order valence-electron chi connectivity index (χ1n) is 8.80. The maximum absolute atomic E-state index is 12.4. The summed E-state index contributed by atoms with van der Waals surface area (Å²) in [6, 6.07) is 15.8. The van der Waals surface area contributed by atoms with Crippen molar-refractivity contribution in [2.75, 3.05) is 22.9 Å². The summed E-state index contributed by atoms with van der Waals surface area (Å²) in [4.78, 5) is 21.1. The Bertz CT molecular complexity index is 1130. The number of rotatable bonds is 5. The summed E-state index contributed by atoms with van der Waals surface area (Å²) in [5, 5.41) is 5.84. The van der Waals surface area contributed by atoms with Gasteiger partial charge in [0.1, 0.15) is 0 Å². The molecule has 2 heterocycles. The van der Waals surface area contributed by atoms with Gasteiger partial charge >= 0.3 is 0 Å². The van der Waals surface area contributed by atoms with Gasteiger partial charge < -0.3 is 10.6 Å². The Kier molecular flexibility index (Phi) is 4.79. The second-order valence-corrected chi connectivity index (χ2v) is 8.51. The van der Waals surface area contributed by atoms with Crippen LogP contribution in [-0.2, 0) is 21.1 Å². The molecule has 7 nitrogen and oxygen atoms in total. The van der Waals surface area contributed by atoms with Gasteiger partial charge in [-0.2, -0.15) is 0 Å². The van der Waals surface area contributed by atoms with Gasteiger partial charge in [-0.3, -0.25) is 4.79 Å². The Morgan fingerprint density at radius 2 is 1.79 bits per heavy atom. The number of amides is 1. The smallest absolute Gasteiger partial charge is 0.228 e. The van der Waals surface area contributed by atoms with E-state index < -0.39 is 9.84 Å². The first-order valence-corrected chi connectivity index (χ1v) is 10.4. The molecule has 0 saturated heterocycles. The van der Waals surface area contributed by atoms with E-state index in [1.165, 1.54) is 0 Å². The van der Waals surface area contributed by atoms with Gasteiger partial charge in [0.05, 0.1) is 28.5 Å². The van der Waals surface area contributed by atoms with E-state index in [9.17, 15) is 13.2 Å². The summed E-state index contributed by atoms with van der Waals surface area (Å²) in [7, 11) is -3.38. The Hall–Kier alpha value is -3.26. The van der Waals surface area contributed by atoms with Crippen molar-refractivity contribution in [3.05, 3.63) is 66.4 Å². The number of sulfone groups is 1.